The van der Waals surface area contributed by atoms with Gasteiger partial charge in [-0.15, -0.1) is 0 Å². The van der Waals surface area contributed by atoms with Crippen molar-refractivity contribution in [1.29, 1.82) is 5.26 Å². The van der Waals surface area contributed by atoms with Crippen LogP contribution in [0.4, 0.5) is 5.69 Å². The SMILES string of the molecule is CCCCCCOc1c(Br)cc(/C=C(/C#N)C(=O)Nc2ccc(Cl)cc2)cc1OC. The third-order valence-electron chi connectivity index (χ3n) is 4.27. The van der Waals surface area contributed by atoms with Gasteiger partial charge in [-0.25, -0.2) is 0 Å². The smallest absolute Gasteiger partial charge is 0.266 e. The highest BCUT2D eigenvalue weighted by atomic mass is 79.9. The Bertz CT molecular complexity index is 937. The zero-order valence-electron chi connectivity index (χ0n) is 17.0. The molecule has 0 radical (unpaired) electrons. The fraction of sp³-hybridized carbons (Fsp3) is 0.304. The third-order valence-corrected chi connectivity index (χ3v) is 5.12. The van der Waals surface area contributed by atoms with Crippen molar-refractivity contribution in [2.75, 3.05) is 19.0 Å². The number of rotatable bonds is 10. The molecule has 158 valence electrons. The summed E-state index contributed by atoms with van der Waals surface area (Å²) >= 11 is 9.35. The molecule has 1 amide bonds. The summed E-state index contributed by atoms with van der Waals surface area (Å²) in [6.45, 7) is 2.76. The second kappa shape index (κ2) is 12.3. The minimum atomic E-state index is -0.508. The zero-order chi connectivity index (χ0) is 21.9. The molecule has 0 bridgehead atoms. The fourth-order valence-corrected chi connectivity index (χ4v) is 3.41. The Kier molecular flexibility index (Phi) is 9.72. The Morgan fingerprint density at radius 3 is 2.60 bits per heavy atom. The van der Waals surface area contributed by atoms with Crippen molar-refractivity contribution in [3.05, 3.63) is 57.0 Å². The fourth-order valence-electron chi connectivity index (χ4n) is 2.71. The molecule has 30 heavy (non-hydrogen) atoms. The second-order valence-corrected chi connectivity index (χ2v) is 7.86. The first kappa shape index (κ1) is 23.8. The molecule has 2 aromatic carbocycles. The maximum Gasteiger partial charge on any atom is 0.266 e. The van der Waals surface area contributed by atoms with Gasteiger partial charge in [0, 0.05) is 10.7 Å². The van der Waals surface area contributed by atoms with E-state index in [1.54, 1.807) is 43.5 Å². The van der Waals surface area contributed by atoms with Gasteiger partial charge in [-0.3, -0.25) is 4.79 Å². The van der Waals surface area contributed by atoms with E-state index in [4.69, 9.17) is 21.1 Å². The first-order valence-electron chi connectivity index (χ1n) is 9.67. The number of methoxy groups -OCH3 is 1. The number of nitriles is 1. The summed E-state index contributed by atoms with van der Waals surface area (Å²) in [5, 5.41) is 12.7. The standard InChI is InChI=1S/C23H24BrClN2O3/c1-3-4-5-6-11-30-22-20(24)13-16(14-21(22)29-2)12-17(15-26)23(28)27-19-9-7-18(25)8-10-19/h7-10,12-14H,3-6,11H2,1-2H3,(H,27,28)/b17-12-. The molecule has 0 aliphatic carbocycles. The van der Waals surface area contributed by atoms with Gasteiger partial charge in [0.1, 0.15) is 11.6 Å². The molecule has 2 aromatic rings. The average Bonchev–Trinajstić information content (AvgIpc) is 2.74. The van der Waals surface area contributed by atoms with Crippen molar-refractivity contribution in [1.82, 2.24) is 0 Å². The predicted molar refractivity (Wildman–Crippen MR) is 124 cm³/mol. The summed E-state index contributed by atoms with van der Waals surface area (Å²) in [7, 11) is 1.55. The molecule has 0 aliphatic heterocycles. The molecule has 0 aromatic heterocycles. The largest absolute Gasteiger partial charge is 0.493 e. The average molecular weight is 492 g/mol. The van der Waals surface area contributed by atoms with Crippen LogP contribution in [0, 0.1) is 11.3 Å². The lowest BCUT2D eigenvalue weighted by Gasteiger charge is -2.13. The lowest BCUT2D eigenvalue weighted by Crippen LogP contribution is -2.13. The Morgan fingerprint density at radius 2 is 1.97 bits per heavy atom. The van der Waals surface area contributed by atoms with Crippen LogP contribution in [0.2, 0.25) is 5.02 Å². The van der Waals surface area contributed by atoms with Crippen LogP contribution in [0.1, 0.15) is 38.2 Å². The summed E-state index contributed by atoms with van der Waals surface area (Å²) in [5.74, 6) is 0.628. The number of unbranched alkanes of at least 4 members (excludes halogenated alkanes) is 3. The molecule has 0 aliphatic rings. The van der Waals surface area contributed by atoms with Crippen molar-refractivity contribution in [3.63, 3.8) is 0 Å². The highest BCUT2D eigenvalue weighted by Gasteiger charge is 2.14. The lowest BCUT2D eigenvalue weighted by molar-refractivity contribution is -0.112. The zero-order valence-corrected chi connectivity index (χ0v) is 19.3. The topological polar surface area (TPSA) is 71.3 Å². The second-order valence-electron chi connectivity index (χ2n) is 6.57. The van der Waals surface area contributed by atoms with E-state index in [-0.39, 0.29) is 5.57 Å². The van der Waals surface area contributed by atoms with E-state index in [9.17, 15) is 10.1 Å². The van der Waals surface area contributed by atoms with Gasteiger partial charge in [0.15, 0.2) is 11.5 Å². The van der Waals surface area contributed by atoms with Gasteiger partial charge in [0.2, 0.25) is 0 Å². The molecule has 0 spiro atoms. The van der Waals surface area contributed by atoms with E-state index in [1.807, 2.05) is 6.07 Å². The first-order chi connectivity index (χ1) is 14.5. The normalized spacial score (nSPS) is 11.0. The molecular formula is C23H24BrClN2O3. The Balaban J connectivity index is 2.16. The van der Waals surface area contributed by atoms with Crippen LogP contribution in [-0.4, -0.2) is 19.6 Å². The Hall–Kier alpha value is -2.49. The number of hydrogen-bond acceptors (Lipinski definition) is 4. The highest BCUT2D eigenvalue weighted by Crippen LogP contribution is 2.37. The van der Waals surface area contributed by atoms with Gasteiger partial charge >= 0.3 is 0 Å². The van der Waals surface area contributed by atoms with Gasteiger partial charge in [-0.1, -0.05) is 37.8 Å². The number of anilines is 1. The maximum atomic E-state index is 12.5. The van der Waals surface area contributed by atoms with Gasteiger partial charge in [0.25, 0.3) is 5.91 Å². The van der Waals surface area contributed by atoms with E-state index in [0.29, 0.717) is 38.9 Å². The summed E-state index contributed by atoms with van der Waals surface area (Å²) in [6, 6.07) is 12.1. The Morgan fingerprint density at radius 1 is 1.23 bits per heavy atom. The molecule has 1 N–H and O–H groups in total. The maximum absolute atomic E-state index is 12.5. The van der Waals surface area contributed by atoms with E-state index in [0.717, 1.165) is 12.8 Å². The summed E-state index contributed by atoms with van der Waals surface area (Å²) in [6.07, 6.45) is 5.94. The number of carbonyl (C=O) groups excluding carboxylic acids is 1. The predicted octanol–water partition coefficient (Wildman–Crippen LogP) is 6.62. The van der Waals surface area contributed by atoms with Crippen LogP contribution in [0.5, 0.6) is 11.5 Å². The number of ether oxygens (including phenoxy) is 2. The number of nitrogens with one attached hydrogen (secondary N) is 1. The van der Waals surface area contributed by atoms with Crippen LogP contribution >= 0.6 is 27.5 Å². The van der Waals surface area contributed by atoms with Crippen LogP contribution in [0.15, 0.2) is 46.4 Å². The summed E-state index contributed by atoms with van der Waals surface area (Å²) in [4.78, 5) is 12.5. The van der Waals surface area contributed by atoms with E-state index in [1.165, 1.54) is 18.9 Å². The van der Waals surface area contributed by atoms with E-state index in [2.05, 4.69) is 28.2 Å². The minimum absolute atomic E-state index is 0.0351. The number of benzene rings is 2. The van der Waals surface area contributed by atoms with Crippen molar-refractivity contribution >= 4 is 45.2 Å². The van der Waals surface area contributed by atoms with Crippen molar-refractivity contribution in [3.8, 4) is 17.6 Å². The quantitative estimate of drug-likeness (QED) is 0.230. The van der Waals surface area contributed by atoms with Crippen LogP contribution in [-0.2, 0) is 4.79 Å². The molecule has 5 nitrogen and oxygen atoms in total. The molecule has 0 heterocycles. The van der Waals surface area contributed by atoms with Gasteiger partial charge in [-0.05, 0) is 70.4 Å². The summed E-state index contributed by atoms with van der Waals surface area (Å²) < 4.78 is 12.0. The lowest BCUT2D eigenvalue weighted by atomic mass is 10.1. The Labute approximate surface area is 190 Å². The van der Waals surface area contributed by atoms with E-state index < -0.39 is 5.91 Å². The molecule has 2 rings (SSSR count). The number of hydrogen-bond donors (Lipinski definition) is 1. The minimum Gasteiger partial charge on any atom is -0.493 e. The van der Waals surface area contributed by atoms with Gasteiger partial charge in [0.05, 0.1) is 18.2 Å². The van der Waals surface area contributed by atoms with Crippen molar-refractivity contribution in [2.45, 2.75) is 32.6 Å². The highest BCUT2D eigenvalue weighted by molar-refractivity contribution is 9.10. The molecule has 0 atom stereocenters. The molecule has 0 saturated heterocycles. The number of halogens is 2. The summed E-state index contributed by atoms with van der Waals surface area (Å²) in [5.41, 5.74) is 1.16. The van der Waals surface area contributed by atoms with Gasteiger partial charge in [-0.2, -0.15) is 5.26 Å². The van der Waals surface area contributed by atoms with Crippen LogP contribution in [0.25, 0.3) is 6.08 Å². The number of amides is 1. The van der Waals surface area contributed by atoms with Crippen molar-refractivity contribution in [2.24, 2.45) is 0 Å². The first-order valence-corrected chi connectivity index (χ1v) is 10.8. The molecule has 7 heteroatoms. The number of carbonyl (C=O) groups is 1. The third kappa shape index (κ3) is 7.08. The van der Waals surface area contributed by atoms with Crippen LogP contribution in [0.3, 0.4) is 0 Å². The van der Waals surface area contributed by atoms with E-state index >= 15 is 0 Å². The monoisotopic (exact) mass is 490 g/mol. The molecule has 0 saturated carbocycles. The molecular weight excluding hydrogens is 468 g/mol. The molecule has 0 fully saturated rings. The van der Waals surface area contributed by atoms with Gasteiger partial charge < -0.3 is 14.8 Å². The van der Waals surface area contributed by atoms with Crippen molar-refractivity contribution < 1.29 is 14.3 Å². The number of nitrogens with zero attached hydrogens (tertiary/aromatic N) is 1. The molecule has 0 unspecified atom stereocenters. The van der Waals surface area contributed by atoms with Crippen LogP contribution < -0.4 is 14.8 Å².